The summed E-state index contributed by atoms with van der Waals surface area (Å²) in [5.41, 5.74) is 7.97. The fourth-order valence-corrected chi connectivity index (χ4v) is 3.10. The van der Waals surface area contributed by atoms with Crippen LogP contribution >= 0.6 is 0 Å². The van der Waals surface area contributed by atoms with Crippen LogP contribution in [-0.4, -0.2) is 28.5 Å². The molecule has 2 aromatic rings. The van der Waals surface area contributed by atoms with Crippen molar-refractivity contribution in [3.8, 4) is 28.6 Å². The van der Waals surface area contributed by atoms with E-state index >= 15 is 0 Å². The number of aromatic hydroxyl groups is 1. The first kappa shape index (κ1) is 13.4. The minimum atomic E-state index is 0.187. The topological polar surface area (TPSA) is 104 Å². The third-order valence-electron chi connectivity index (χ3n) is 4.08. The molecule has 0 unspecified atom stereocenters. The van der Waals surface area contributed by atoms with Crippen LogP contribution in [0.2, 0.25) is 0 Å². The molecule has 0 aliphatic carbocycles. The summed E-state index contributed by atoms with van der Waals surface area (Å²) in [6, 6.07) is 0. The Kier molecular flexibility index (Phi) is 3.15. The normalized spacial score (nSPS) is 16.4. The Morgan fingerprint density at radius 1 is 1.05 bits per heavy atom. The zero-order valence-electron chi connectivity index (χ0n) is 12.1. The predicted molar refractivity (Wildman–Crippen MR) is 76.9 cm³/mol. The smallest absolute Gasteiger partial charge is 0.240 e. The summed E-state index contributed by atoms with van der Waals surface area (Å²) in [4.78, 5) is 4.32. The van der Waals surface area contributed by atoms with E-state index in [1.807, 2.05) is 0 Å². The van der Waals surface area contributed by atoms with E-state index in [2.05, 4.69) is 10.1 Å². The van der Waals surface area contributed by atoms with Gasteiger partial charge in [-0.3, -0.25) is 0 Å². The zero-order valence-corrected chi connectivity index (χ0v) is 12.1. The molecule has 0 atom stereocenters. The number of benzene rings is 1. The van der Waals surface area contributed by atoms with E-state index in [0.29, 0.717) is 36.4 Å². The van der Waals surface area contributed by atoms with Crippen LogP contribution in [0.5, 0.6) is 17.2 Å². The van der Waals surface area contributed by atoms with E-state index in [1.54, 1.807) is 0 Å². The van der Waals surface area contributed by atoms with Crippen molar-refractivity contribution in [2.45, 2.75) is 32.2 Å². The third kappa shape index (κ3) is 1.93. The number of rotatable bonds is 2. The monoisotopic (exact) mass is 303 g/mol. The lowest BCUT2D eigenvalue weighted by Gasteiger charge is -2.27. The van der Waals surface area contributed by atoms with Gasteiger partial charge in [-0.2, -0.15) is 4.98 Å². The van der Waals surface area contributed by atoms with E-state index in [-0.39, 0.29) is 12.3 Å². The molecule has 0 bridgehead atoms. The lowest BCUT2D eigenvalue weighted by molar-refractivity contribution is 0.257. The summed E-state index contributed by atoms with van der Waals surface area (Å²) in [6.45, 7) is 1.40. The van der Waals surface area contributed by atoms with Crippen molar-refractivity contribution in [1.82, 2.24) is 10.1 Å². The molecule has 7 heteroatoms. The number of fused-ring (bicyclic) bond motifs is 2. The van der Waals surface area contributed by atoms with E-state index < -0.39 is 0 Å². The molecule has 0 fully saturated rings. The fourth-order valence-electron chi connectivity index (χ4n) is 3.10. The quantitative estimate of drug-likeness (QED) is 0.867. The van der Waals surface area contributed by atoms with Gasteiger partial charge in [-0.25, -0.2) is 0 Å². The van der Waals surface area contributed by atoms with E-state index in [1.165, 1.54) is 0 Å². The first-order valence-electron chi connectivity index (χ1n) is 7.49. The van der Waals surface area contributed by atoms with E-state index in [0.717, 1.165) is 42.4 Å². The summed E-state index contributed by atoms with van der Waals surface area (Å²) in [5, 5.41) is 14.5. The summed E-state index contributed by atoms with van der Waals surface area (Å²) in [7, 11) is 0. The molecule has 0 radical (unpaired) electrons. The largest absolute Gasteiger partial charge is 0.504 e. The van der Waals surface area contributed by atoms with Gasteiger partial charge in [0.25, 0.3) is 0 Å². The van der Waals surface area contributed by atoms with Gasteiger partial charge in [0.1, 0.15) is 5.75 Å². The Morgan fingerprint density at radius 3 is 2.50 bits per heavy atom. The maximum Gasteiger partial charge on any atom is 0.240 e. The molecular formula is C15H17N3O4. The second-order valence-electron chi connectivity index (χ2n) is 5.46. The highest BCUT2D eigenvalue weighted by molar-refractivity contribution is 5.78. The molecule has 2 aliphatic heterocycles. The minimum absolute atomic E-state index is 0.187. The van der Waals surface area contributed by atoms with Crippen LogP contribution in [0.1, 0.15) is 29.9 Å². The summed E-state index contributed by atoms with van der Waals surface area (Å²) >= 11 is 0. The molecule has 22 heavy (non-hydrogen) atoms. The van der Waals surface area contributed by atoms with Crippen molar-refractivity contribution >= 4 is 0 Å². The van der Waals surface area contributed by atoms with Crippen molar-refractivity contribution in [2.24, 2.45) is 5.73 Å². The molecule has 1 aromatic carbocycles. The van der Waals surface area contributed by atoms with Crippen LogP contribution in [0.3, 0.4) is 0 Å². The first-order chi connectivity index (χ1) is 10.8. The highest BCUT2D eigenvalue weighted by Gasteiger charge is 2.31. The Bertz CT molecular complexity index is 689. The summed E-state index contributed by atoms with van der Waals surface area (Å²) in [5.74, 6) is 2.19. The van der Waals surface area contributed by atoms with Gasteiger partial charge in [0.2, 0.25) is 11.7 Å². The van der Waals surface area contributed by atoms with Crippen LogP contribution in [0.4, 0.5) is 0 Å². The van der Waals surface area contributed by atoms with Gasteiger partial charge in [-0.1, -0.05) is 5.16 Å². The van der Waals surface area contributed by atoms with Gasteiger partial charge in [-0.15, -0.1) is 0 Å². The predicted octanol–water partition coefficient (Wildman–Crippen LogP) is 1.55. The van der Waals surface area contributed by atoms with Crippen molar-refractivity contribution in [1.29, 1.82) is 0 Å². The second kappa shape index (κ2) is 5.17. The Labute approximate surface area is 127 Å². The van der Waals surface area contributed by atoms with Crippen molar-refractivity contribution in [3.63, 3.8) is 0 Å². The van der Waals surface area contributed by atoms with Gasteiger partial charge in [0, 0.05) is 11.1 Å². The van der Waals surface area contributed by atoms with Gasteiger partial charge < -0.3 is 24.8 Å². The Morgan fingerprint density at radius 2 is 1.77 bits per heavy atom. The highest BCUT2D eigenvalue weighted by Crippen LogP contribution is 2.50. The number of hydrogen-bond donors (Lipinski definition) is 2. The standard InChI is InChI=1S/C15H17N3O4/c16-7-10-17-15(18-22-10)11-8-3-1-6-21-14(8)12(19)9-4-2-5-20-13(9)11/h19H,1-7,16H2. The van der Waals surface area contributed by atoms with Crippen molar-refractivity contribution < 1.29 is 19.1 Å². The van der Waals surface area contributed by atoms with Crippen LogP contribution in [-0.2, 0) is 19.4 Å². The lowest BCUT2D eigenvalue weighted by Crippen LogP contribution is -2.16. The molecule has 7 nitrogen and oxygen atoms in total. The number of ether oxygens (including phenoxy) is 2. The second-order valence-corrected chi connectivity index (χ2v) is 5.46. The molecule has 1 aromatic heterocycles. The molecule has 2 aliphatic rings. The van der Waals surface area contributed by atoms with Gasteiger partial charge in [0.15, 0.2) is 11.5 Å². The number of aromatic nitrogens is 2. The number of nitrogens with two attached hydrogens (primary N) is 1. The molecule has 3 heterocycles. The summed E-state index contributed by atoms with van der Waals surface area (Å²) < 4.78 is 16.7. The minimum Gasteiger partial charge on any atom is -0.504 e. The Hall–Kier alpha value is -2.28. The van der Waals surface area contributed by atoms with Gasteiger partial charge in [-0.05, 0) is 25.7 Å². The van der Waals surface area contributed by atoms with Crippen LogP contribution in [0.15, 0.2) is 4.52 Å². The maximum atomic E-state index is 10.5. The number of phenolic OH excluding ortho intramolecular Hbond substituents is 1. The maximum absolute atomic E-state index is 10.5. The van der Waals surface area contributed by atoms with Gasteiger partial charge >= 0.3 is 0 Å². The highest BCUT2D eigenvalue weighted by atomic mass is 16.5. The van der Waals surface area contributed by atoms with E-state index in [4.69, 9.17) is 19.7 Å². The van der Waals surface area contributed by atoms with Crippen molar-refractivity contribution in [3.05, 3.63) is 17.0 Å². The molecule has 3 N–H and O–H groups in total. The number of hydrogen-bond acceptors (Lipinski definition) is 7. The lowest BCUT2D eigenvalue weighted by atomic mass is 9.91. The number of nitrogens with zero attached hydrogens (tertiary/aromatic N) is 2. The fraction of sp³-hybridized carbons (Fsp3) is 0.467. The zero-order chi connectivity index (χ0) is 15.1. The Balaban J connectivity index is 1.98. The van der Waals surface area contributed by atoms with Crippen LogP contribution in [0, 0.1) is 0 Å². The molecule has 0 saturated heterocycles. The van der Waals surface area contributed by atoms with Crippen LogP contribution in [0.25, 0.3) is 11.4 Å². The molecular weight excluding hydrogens is 286 g/mol. The summed E-state index contributed by atoms with van der Waals surface area (Å²) in [6.07, 6.45) is 3.26. The molecule has 4 rings (SSSR count). The average Bonchev–Trinajstić information content (AvgIpc) is 3.04. The SMILES string of the molecule is NCc1nc(-c2c3c(c(O)c4c2OCCC4)OCCC3)no1. The van der Waals surface area contributed by atoms with E-state index in [9.17, 15) is 5.11 Å². The molecule has 0 spiro atoms. The first-order valence-corrected chi connectivity index (χ1v) is 7.49. The average molecular weight is 303 g/mol. The third-order valence-corrected chi connectivity index (χ3v) is 4.08. The molecule has 0 amide bonds. The molecule has 116 valence electrons. The van der Waals surface area contributed by atoms with Crippen molar-refractivity contribution in [2.75, 3.05) is 13.2 Å². The van der Waals surface area contributed by atoms with Gasteiger partial charge in [0.05, 0.1) is 25.3 Å². The molecule has 0 saturated carbocycles. The van der Waals surface area contributed by atoms with Crippen LogP contribution < -0.4 is 15.2 Å². The number of phenols is 1.